The molecule has 1 amide bonds. The van der Waals surface area contributed by atoms with E-state index in [4.69, 9.17) is 23.2 Å². The fraction of sp³-hybridized carbons (Fsp3) is 0.588. The SMILES string of the molecule is CCC(=O)N(C[C@H]1CCCC1N(C)C)c1ccc(Cl)c(Cl)c1. The number of halogens is 2. The first kappa shape index (κ1) is 17.6. The van der Waals surface area contributed by atoms with Crippen LogP contribution < -0.4 is 4.90 Å². The summed E-state index contributed by atoms with van der Waals surface area (Å²) in [5.74, 6) is 0.628. The van der Waals surface area contributed by atoms with E-state index in [9.17, 15) is 4.79 Å². The molecular weight excluding hydrogens is 319 g/mol. The number of hydrogen-bond acceptors (Lipinski definition) is 2. The Kier molecular flexibility index (Phi) is 6.13. The van der Waals surface area contributed by atoms with Crippen molar-refractivity contribution in [3.63, 3.8) is 0 Å². The Morgan fingerprint density at radius 3 is 2.55 bits per heavy atom. The largest absolute Gasteiger partial charge is 0.312 e. The molecule has 0 aromatic heterocycles. The van der Waals surface area contributed by atoms with E-state index in [1.54, 1.807) is 12.1 Å². The first-order valence-electron chi connectivity index (χ1n) is 7.85. The highest BCUT2D eigenvalue weighted by atomic mass is 35.5. The third-order valence-corrected chi connectivity index (χ3v) is 5.26. The molecule has 0 radical (unpaired) electrons. The van der Waals surface area contributed by atoms with Crippen LogP contribution in [0.1, 0.15) is 32.6 Å². The van der Waals surface area contributed by atoms with E-state index in [1.807, 2.05) is 17.9 Å². The molecule has 0 N–H and O–H groups in total. The van der Waals surface area contributed by atoms with Crippen molar-refractivity contribution in [2.45, 2.75) is 38.6 Å². The molecule has 122 valence electrons. The summed E-state index contributed by atoms with van der Waals surface area (Å²) in [6, 6.07) is 5.96. The molecule has 1 aliphatic carbocycles. The van der Waals surface area contributed by atoms with E-state index in [-0.39, 0.29) is 5.91 Å². The average molecular weight is 343 g/mol. The Bertz CT molecular complexity index is 533. The van der Waals surface area contributed by atoms with E-state index >= 15 is 0 Å². The summed E-state index contributed by atoms with van der Waals surface area (Å²) in [6.07, 6.45) is 4.08. The summed E-state index contributed by atoms with van der Waals surface area (Å²) in [7, 11) is 4.24. The van der Waals surface area contributed by atoms with Crippen LogP contribution in [-0.2, 0) is 4.79 Å². The summed E-state index contributed by atoms with van der Waals surface area (Å²) in [5, 5.41) is 1.00. The Balaban J connectivity index is 2.23. The molecule has 22 heavy (non-hydrogen) atoms. The molecule has 2 atom stereocenters. The van der Waals surface area contributed by atoms with Crippen molar-refractivity contribution in [2.75, 3.05) is 25.5 Å². The van der Waals surface area contributed by atoms with Gasteiger partial charge in [-0.15, -0.1) is 0 Å². The van der Waals surface area contributed by atoms with Crippen LogP contribution in [0.5, 0.6) is 0 Å². The molecule has 5 heteroatoms. The van der Waals surface area contributed by atoms with Crippen molar-refractivity contribution in [1.82, 2.24) is 4.90 Å². The van der Waals surface area contributed by atoms with Crippen LogP contribution in [0.4, 0.5) is 5.69 Å². The molecule has 0 spiro atoms. The second-order valence-electron chi connectivity index (χ2n) is 6.18. The van der Waals surface area contributed by atoms with E-state index < -0.39 is 0 Å². The third kappa shape index (κ3) is 3.95. The van der Waals surface area contributed by atoms with Crippen LogP contribution in [0.15, 0.2) is 18.2 Å². The molecule has 3 nitrogen and oxygen atoms in total. The Morgan fingerprint density at radius 1 is 1.23 bits per heavy atom. The highest BCUT2D eigenvalue weighted by Gasteiger charge is 2.31. The molecule has 0 aliphatic heterocycles. The fourth-order valence-electron chi connectivity index (χ4n) is 3.34. The molecule has 2 rings (SSSR count). The van der Waals surface area contributed by atoms with Gasteiger partial charge in [-0.25, -0.2) is 0 Å². The molecule has 0 bridgehead atoms. The summed E-state index contributed by atoms with van der Waals surface area (Å²) >= 11 is 12.1. The van der Waals surface area contributed by atoms with E-state index in [1.165, 1.54) is 12.8 Å². The molecular formula is C17H24Cl2N2O. The number of hydrogen-bond donors (Lipinski definition) is 0. The fourth-order valence-corrected chi connectivity index (χ4v) is 3.63. The zero-order chi connectivity index (χ0) is 16.3. The number of rotatable bonds is 5. The first-order chi connectivity index (χ1) is 10.4. The summed E-state index contributed by atoms with van der Waals surface area (Å²) in [6.45, 7) is 2.64. The van der Waals surface area contributed by atoms with Crippen molar-refractivity contribution in [2.24, 2.45) is 5.92 Å². The number of amides is 1. The standard InChI is InChI=1S/C17H24Cl2N2O/c1-4-17(22)21(13-8-9-14(18)15(19)10-13)11-12-6-5-7-16(12)20(2)3/h8-10,12,16H,4-7,11H2,1-3H3/t12-,16?/m1/s1. The van der Waals surface area contributed by atoms with Gasteiger partial charge in [-0.3, -0.25) is 4.79 Å². The van der Waals surface area contributed by atoms with Gasteiger partial charge in [0.1, 0.15) is 0 Å². The minimum Gasteiger partial charge on any atom is -0.312 e. The maximum absolute atomic E-state index is 12.4. The Morgan fingerprint density at radius 2 is 1.95 bits per heavy atom. The predicted molar refractivity (Wildman–Crippen MR) is 93.9 cm³/mol. The van der Waals surface area contributed by atoms with Gasteiger partial charge in [0.2, 0.25) is 5.91 Å². The van der Waals surface area contributed by atoms with Crippen molar-refractivity contribution < 1.29 is 4.79 Å². The molecule has 0 heterocycles. The third-order valence-electron chi connectivity index (χ3n) is 4.52. The minimum atomic E-state index is 0.128. The normalized spacial score (nSPS) is 21.4. The quantitative estimate of drug-likeness (QED) is 0.788. The predicted octanol–water partition coefficient (Wildman–Crippen LogP) is 4.47. The van der Waals surface area contributed by atoms with Gasteiger partial charge in [0.15, 0.2) is 0 Å². The zero-order valence-corrected chi connectivity index (χ0v) is 15.0. The van der Waals surface area contributed by atoms with Gasteiger partial charge in [0.25, 0.3) is 0 Å². The van der Waals surface area contributed by atoms with E-state index in [0.29, 0.717) is 28.4 Å². The van der Waals surface area contributed by atoms with Gasteiger partial charge in [0, 0.05) is 24.7 Å². The van der Waals surface area contributed by atoms with Gasteiger partial charge in [0.05, 0.1) is 10.0 Å². The van der Waals surface area contributed by atoms with Gasteiger partial charge in [-0.1, -0.05) is 36.5 Å². The summed E-state index contributed by atoms with van der Waals surface area (Å²) < 4.78 is 0. The Hall–Kier alpha value is -0.770. The second kappa shape index (κ2) is 7.67. The maximum Gasteiger partial charge on any atom is 0.226 e. The lowest BCUT2D eigenvalue weighted by atomic mass is 10.0. The number of nitrogens with zero attached hydrogens (tertiary/aromatic N) is 2. The van der Waals surface area contributed by atoms with Crippen LogP contribution in [-0.4, -0.2) is 37.5 Å². The first-order valence-corrected chi connectivity index (χ1v) is 8.61. The zero-order valence-electron chi connectivity index (χ0n) is 13.5. The van der Waals surface area contributed by atoms with Crippen LogP contribution >= 0.6 is 23.2 Å². The lowest BCUT2D eigenvalue weighted by Crippen LogP contribution is -2.41. The molecule has 1 aromatic carbocycles. The van der Waals surface area contributed by atoms with Gasteiger partial charge in [-0.2, -0.15) is 0 Å². The smallest absolute Gasteiger partial charge is 0.226 e. The van der Waals surface area contributed by atoms with Crippen LogP contribution in [0.3, 0.4) is 0 Å². The monoisotopic (exact) mass is 342 g/mol. The summed E-state index contributed by atoms with van der Waals surface area (Å²) in [4.78, 5) is 16.6. The molecule has 1 unspecified atom stereocenters. The van der Waals surface area contributed by atoms with Crippen molar-refractivity contribution in [3.05, 3.63) is 28.2 Å². The maximum atomic E-state index is 12.4. The van der Waals surface area contributed by atoms with Gasteiger partial charge >= 0.3 is 0 Å². The lowest BCUT2D eigenvalue weighted by molar-refractivity contribution is -0.118. The molecule has 1 fully saturated rings. The minimum absolute atomic E-state index is 0.128. The van der Waals surface area contributed by atoms with E-state index in [2.05, 4.69) is 19.0 Å². The molecule has 1 aromatic rings. The van der Waals surface area contributed by atoms with Crippen LogP contribution in [0.25, 0.3) is 0 Å². The molecule has 1 saturated carbocycles. The van der Waals surface area contributed by atoms with Crippen molar-refractivity contribution >= 4 is 34.8 Å². The number of anilines is 1. The number of benzene rings is 1. The average Bonchev–Trinajstić information content (AvgIpc) is 2.95. The van der Waals surface area contributed by atoms with Gasteiger partial charge < -0.3 is 9.80 Å². The van der Waals surface area contributed by atoms with Crippen LogP contribution in [0.2, 0.25) is 10.0 Å². The molecule has 1 aliphatic rings. The number of carbonyl (C=O) groups is 1. The molecule has 0 saturated heterocycles. The highest BCUT2D eigenvalue weighted by molar-refractivity contribution is 6.42. The summed E-state index contributed by atoms with van der Waals surface area (Å²) in [5.41, 5.74) is 0.839. The van der Waals surface area contributed by atoms with Crippen molar-refractivity contribution in [3.8, 4) is 0 Å². The van der Waals surface area contributed by atoms with Crippen LogP contribution in [0, 0.1) is 5.92 Å². The lowest BCUT2D eigenvalue weighted by Gasteiger charge is -2.31. The van der Waals surface area contributed by atoms with Crippen molar-refractivity contribution in [1.29, 1.82) is 0 Å². The van der Waals surface area contributed by atoms with Gasteiger partial charge in [-0.05, 0) is 51.1 Å². The topological polar surface area (TPSA) is 23.6 Å². The highest BCUT2D eigenvalue weighted by Crippen LogP contribution is 2.33. The number of carbonyl (C=O) groups excluding carboxylic acids is 1. The second-order valence-corrected chi connectivity index (χ2v) is 6.99. The Labute approximate surface area is 143 Å². The van der Waals surface area contributed by atoms with E-state index in [0.717, 1.165) is 18.7 Å².